The summed E-state index contributed by atoms with van der Waals surface area (Å²) in [6, 6.07) is 18.8. The fourth-order valence-corrected chi connectivity index (χ4v) is 5.73. The zero-order valence-corrected chi connectivity index (χ0v) is 20.6. The van der Waals surface area contributed by atoms with Gasteiger partial charge in [0.15, 0.2) is 0 Å². The van der Waals surface area contributed by atoms with Crippen LogP contribution in [-0.4, -0.2) is 33.8 Å². The molecule has 5 rings (SSSR count). The second-order valence-electron chi connectivity index (χ2n) is 10.1. The van der Waals surface area contributed by atoms with E-state index in [9.17, 15) is 14.0 Å². The Bertz CT molecular complexity index is 1160. The maximum Gasteiger partial charge on any atom is 0.271 e. The molecule has 1 heterocycles. The monoisotopic (exact) mass is 487 g/mol. The average molecular weight is 488 g/mol. The highest BCUT2D eigenvalue weighted by atomic mass is 19.1. The minimum atomic E-state index is -0.813. The van der Waals surface area contributed by atoms with Crippen molar-refractivity contribution in [3.63, 3.8) is 0 Å². The summed E-state index contributed by atoms with van der Waals surface area (Å²) in [4.78, 5) is 33.0. The van der Waals surface area contributed by atoms with Crippen molar-refractivity contribution in [3.8, 4) is 11.3 Å². The van der Waals surface area contributed by atoms with E-state index >= 15 is 0 Å². The molecule has 0 radical (unpaired) electrons. The first kappa shape index (κ1) is 24.3. The van der Waals surface area contributed by atoms with E-state index in [4.69, 9.17) is 0 Å². The number of halogens is 1. The number of carbonyl (C=O) groups is 2. The van der Waals surface area contributed by atoms with Crippen molar-refractivity contribution >= 4 is 11.8 Å². The summed E-state index contributed by atoms with van der Waals surface area (Å²) in [5, 5.41) is 3.24. The first-order chi connectivity index (χ1) is 17.6. The molecular formula is C30H34FN3O2. The standard InChI is InChI=1S/C30H34FN3O2/c31-23-17-15-22(16-18-23)28(29(35)32-24-11-5-2-6-12-24)34(25-13-7-8-14-25)30(36)27-20-19-26(33-27)21-9-3-1-4-10-21/h1,3-4,9-10,15-20,24-25,28,33H,2,5-8,11-14H2,(H,32,35)/t28-/m0/s1. The first-order valence-corrected chi connectivity index (χ1v) is 13.2. The largest absolute Gasteiger partial charge is 0.351 e. The molecule has 2 N–H and O–H groups in total. The van der Waals surface area contributed by atoms with Crippen LogP contribution in [0.1, 0.15) is 79.9 Å². The molecule has 0 saturated heterocycles. The maximum atomic E-state index is 14.1. The van der Waals surface area contributed by atoms with Gasteiger partial charge in [0.05, 0.1) is 0 Å². The minimum absolute atomic E-state index is 0.0480. The molecule has 5 nitrogen and oxygen atoms in total. The molecule has 3 aromatic rings. The Morgan fingerprint density at radius 3 is 2.19 bits per heavy atom. The summed E-state index contributed by atoms with van der Waals surface area (Å²) in [5.41, 5.74) is 2.95. The third-order valence-corrected chi connectivity index (χ3v) is 7.62. The Balaban J connectivity index is 1.50. The smallest absolute Gasteiger partial charge is 0.271 e. The fourth-order valence-electron chi connectivity index (χ4n) is 5.73. The van der Waals surface area contributed by atoms with Gasteiger partial charge in [-0.1, -0.05) is 74.6 Å². The van der Waals surface area contributed by atoms with Crippen LogP contribution < -0.4 is 5.32 Å². The van der Waals surface area contributed by atoms with Crippen LogP contribution >= 0.6 is 0 Å². The quantitative estimate of drug-likeness (QED) is 0.405. The lowest BCUT2D eigenvalue weighted by atomic mass is 9.94. The highest BCUT2D eigenvalue weighted by Crippen LogP contribution is 2.34. The highest BCUT2D eigenvalue weighted by Gasteiger charge is 2.39. The summed E-state index contributed by atoms with van der Waals surface area (Å²) in [7, 11) is 0. The van der Waals surface area contributed by atoms with Crippen LogP contribution in [0.4, 0.5) is 4.39 Å². The molecule has 0 bridgehead atoms. The summed E-state index contributed by atoms with van der Waals surface area (Å²) >= 11 is 0. The van der Waals surface area contributed by atoms with Gasteiger partial charge in [-0.3, -0.25) is 9.59 Å². The zero-order valence-electron chi connectivity index (χ0n) is 20.6. The van der Waals surface area contributed by atoms with Crippen molar-refractivity contribution < 1.29 is 14.0 Å². The number of H-pyrrole nitrogens is 1. The van der Waals surface area contributed by atoms with Gasteiger partial charge in [-0.25, -0.2) is 4.39 Å². The van der Waals surface area contributed by atoms with Crippen LogP contribution in [0.5, 0.6) is 0 Å². The lowest BCUT2D eigenvalue weighted by molar-refractivity contribution is -0.127. The molecular weight excluding hydrogens is 453 g/mol. The fraction of sp³-hybridized carbons (Fsp3) is 0.400. The van der Waals surface area contributed by atoms with Gasteiger partial charge in [-0.05, 0) is 61.1 Å². The molecule has 36 heavy (non-hydrogen) atoms. The molecule has 2 saturated carbocycles. The van der Waals surface area contributed by atoms with Crippen molar-refractivity contribution in [2.24, 2.45) is 0 Å². The second-order valence-corrected chi connectivity index (χ2v) is 10.1. The minimum Gasteiger partial charge on any atom is -0.351 e. The second kappa shape index (κ2) is 11.1. The molecule has 1 aromatic heterocycles. The third kappa shape index (κ3) is 5.38. The molecule has 188 valence electrons. The van der Waals surface area contributed by atoms with Crippen LogP contribution in [0.15, 0.2) is 66.7 Å². The van der Waals surface area contributed by atoms with Gasteiger partial charge in [0.1, 0.15) is 17.6 Å². The molecule has 2 aromatic carbocycles. The predicted octanol–water partition coefficient (Wildman–Crippen LogP) is 6.40. The number of benzene rings is 2. The number of hydrogen-bond acceptors (Lipinski definition) is 2. The first-order valence-electron chi connectivity index (χ1n) is 13.2. The SMILES string of the molecule is O=C(NC1CCCCC1)[C@H](c1ccc(F)cc1)N(C(=O)c1ccc(-c2ccccc2)[nH]1)C1CCCC1. The van der Waals surface area contributed by atoms with E-state index in [1.807, 2.05) is 36.4 Å². The Hall–Kier alpha value is -3.41. The lowest BCUT2D eigenvalue weighted by Crippen LogP contribution is -2.50. The predicted molar refractivity (Wildman–Crippen MR) is 139 cm³/mol. The molecule has 2 aliphatic rings. The Morgan fingerprint density at radius 2 is 1.50 bits per heavy atom. The zero-order chi connectivity index (χ0) is 24.9. The summed E-state index contributed by atoms with van der Waals surface area (Å²) in [6.07, 6.45) is 9.05. The van der Waals surface area contributed by atoms with Crippen molar-refractivity contribution in [1.29, 1.82) is 0 Å². The Kier molecular flexibility index (Phi) is 7.49. The Labute approximate surface area is 212 Å². The van der Waals surface area contributed by atoms with Crippen molar-refractivity contribution in [1.82, 2.24) is 15.2 Å². The van der Waals surface area contributed by atoms with E-state index in [0.29, 0.717) is 11.3 Å². The number of hydrogen-bond donors (Lipinski definition) is 2. The van der Waals surface area contributed by atoms with Gasteiger partial charge in [0.2, 0.25) is 5.91 Å². The van der Waals surface area contributed by atoms with Crippen LogP contribution in [-0.2, 0) is 4.79 Å². The van der Waals surface area contributed by atoms with E-state index in [2.05, 4.69) is 10.3 Å². The van der Waals surface area contributed by atoms with E-state index in [1.165, 1.54) is 18.6 Å². The van der Waals surface area contributed by atoms with Gasteiger partial charge < -0.3 is 15.2 Å². The summed E-state index contributed by atoms with van der Waals surface area (Å²) < 4.78 is 13.8. The van der Waals surface area contributed by atoms with E-state index in [1.54, 1.807) is 23.1 Å². The number of nitrogens with zero attached hydrogens (tertiary/aromatic N) is 1. The summed E-state index contributed by atoms with van der Waals surface area (Å²) in [5.74, 6) is -0.735. The topological polar surface area (TPSA) is 65.2 Å². The lowest BCUT2D eigenvalue weighted by Gasteiger charge is -2.37. The molecule has 2 fully saturated rings. The van der Waals surface area contributed by atoms with Crippen LogP contribution in [0, 0.1) is 5.82 Å². The third-order valence-electron chi connectivity index (χ3n) is 7.62. The molecule has 1 atom stereocenters. The number of aromatic amines is 1. The highest BCUT2D eigenvalue weighted by molar-refractivity contribution is 5.97. The van der Waals surface area contributed by atoms with Crippen LogP contribution in [0.2, 0.25) is 0 Å². The van der Waals surface area contributed by atoms with E-state index in [-0.39, 0.29) is 29.7 Å². The molecule has 0 unspecified atom stereocenters. The summed E-state index contributed by atoms with van der Waals surface area (Å²) in [6.45, 7) is 0. The number of carbonyl (C=O) groups excluding carboxylic acids is 2. The molecule has 2 amide bonds. The van der Waals surface area contributed by atoms with Crippen molar-refractivity contribution in [3.05, 3.63) is 83.8 Å². The average Bonchev–Trinajstić information content (AvgIpc) is 3.62. The number of aromatic nitrogens is 1. The van der Waals surface area contributed by atoms with Gasteiger partial charge >= 0.3 is 0 Å². The normalized spacial score (nSPS) is 17.6. The van der Waals surface area contributed by atoms with Crippen molar-refractivity contribution in [2.45, 2.75) is 75.9 Å². The number of nitrogens with one attached hydrogen (secondary N) is 2. The van der Waals surface area contributed by atoms with Gasteiger partial charge in [-0.15, -0.1) is 0 Å². The van der Waals surface area contributed by atoms with E-state index < -0.39 is 6.04 Å². The van der Waals surface area contributed by atoms with Crippen molar-refractivity contribution in [2.75, 3.05) is 0 Å². The molecule has 0 aliphatic heterocycles. The maximum absolute atomic E-state index is 14.1. The van der Waals surface area contributed by atoms with Crippen LogP contribution in [0.3, 0.4) is 0 Å². The van der Waals surface area contributed by atoms with Gasteiger partial charge in [-0.2, -0.15) is 0 Å². The molecule has 2 aliphatic carbocycles. The van der Waals surface area contributed by atoms with E-state index in [0.717, 1.165) is 62.6 Å². The van der Waals surface area contributed by atoms with Crippen LogP contribution in [0.25, 0.3) is 11.3 Å². The number of amides is 2. The van der Waals surface area contributed by atoms with Gasteiger partial charge in [0, 0.05) is 17.8 Å². The molecule has 0 spiro atoms. The van der Waals surface area contributed by atoms with Gasteiger partial charge in [0.25, 0.3) is 5.91 Å². The number of rotatable bonds is 7. The Morgan fingerprint density at radius 1 is 0.833 bits per heavy atom. The molecule has 6 heteroatoms.